The van der Waals surface area contributed by atoms with Gasteiger partial charge in [-0.3, -0.25) is 9.59 Å². The largest absolute Gasteiger partial charge is 0.399 e. The predicted molar refractivity (Wildman–Crippen MR) is 99.4 cm³/mol. The fourth-order valence-electron chi connectivity index (χ4n) is 3.01. The molecule has 0 aromatic heterocycles. The third kappa shape index (κ3) is 4.59. The lowest BCUT2D eigenvalue weighted by molar-refractivity contribution is -0.130. The number of nitrogens with zero attached hydrogens (tertiary/aromatic N) is 1. The van der Waals surface area contributed by atoms with Gasteiger partial charge >= 0.3 is 0 Å². The molecule has 0 radical (unpaired) electrons. The average Bonchev–Trinajstić information content (AvgIpc) is 3.15. The Kier molecular flexibility index (Phi) is 5.33. The number of carbonyl (C=O) groups is 2. The summed E-state index contributed by atoms with van der Waals surface area (Å²) < 4.78 is 0. The highest BCUT2D eigenvalue weighted by Crippen LogP contribution is 2.15. The Morgan fingerprint density at radius 1 is 1.04 bits per heavy atom. The topological polar surface area (TPSA) is 75.4 Å². The maximum Gasteiger partial charge on any atom is 0.255 e. The van der Waals surface area contributed by atoms with Crippen molar-refractivity contribution in [3.8, 4) is 0 Å². The number of nitrogens with two attached hydrogens (primary N) is 1. The molecule has 1 aliphatic heterocycles. The van der Waals surface area contributed by atoms with Gasteiger partial charge in [-0.25, -0.2) is 0 Å². The van der Waals surface area contributed by atoms with E-state index < -0.39 is 0 Å². The zero-order chi connectivity index (χ0) is 17.6. The zero-order valence-corrected chi connectivity index (χ0v) is 14.2. The number of nitrogens with one attached hydrogen (secondary N) is 1. The van der Waals surface area contributed by atoms with Crippen LogP contribution < -0.4 is 11.1 Å². The molecular weight excluding hydrogens is 314 g/mol. The van der Waals surface area contributed by atoms with E-state index in [1.165, 1.54) is 0 Å². The van der Waals surface area contributed by atoms with Gasteiger partial charge in [-0.05, 0) is 55.2 Å². The number of hydrogen-bond donors (Lipinski definition) is 2. The monoisotopic (exact) mass is 337 g/mol. The summed E-state index contributed by atoms with van der Waals surface area (Å²) in [5.41, 5.74) is 8.61. The Labute approximate surface area is 147 Å². The maximum atomic E-state index is 12.2. The standard InChI is InChI=1S/C20H23N3O2/c21-17-5-3-4-16(14-17)20(25)22-18-9-6-15(7-10-18)8-11-19(24)23-12-1-2-13-23/h3-7,9-10,14H,1-2,8,11-13,21H2,(H,22,25). The van der Waals surface area contributed by atoms with Crippen LogP contribution in [0.3, 0.4) is 0 Å². The summed E-state index contributed by atoms with van der Waals surface area (Å²) in [7, 11) is 0. The van der Waals surface area contributed by atoms with Crippen LogP contribution in [0.1, 0.15) is 35.2 Å². The number of amides is 2. The second-order valence-corrected chi connectivity index (χ2v) is 6.36. The van der Waals surface area contributed by atoms with Gasteiger partial charge in [0.15, 0.2) is 0 Å². The van der Waals surface area contributed by atoms with E-state index in [4.69, 9.17) is 5.73 Å². The molecule has 1 saturated heterocycles. The number of likely N-dealkylation sites (tertiary alicyclic amines) is 1. The first kappa shape index (κ1) is 17.0. The van der Waals surface area contributed by atoms with E-state index in [-0.39, 0.29) is 11.8 Å². The molecule has 3 rings (SSSR count). The number of benzene rings is 2. The molecule has 5 nitrogen and oxygen atoms in total. The Morgan fingerprint density at radius 3 is 2.44 bits per heavy atom. The molecule has 2 amide bonds. The summed E-state index contributed by atoms with van der Waals surface area (Å²) >= 11 is 0. The van der Waals surface area contributed by atoms with Crippen molar-refractivity contribution in [3.63, 3.8) is 0 Å². The zero-order valence-electron chi connectivity index (χ0n) is 14.2. The SMILES string of the molecule is Nc1cccc(C(=O)Nc2ccc(CCC(=O)N3CCCC3)cc2)c1. The molecule has 5 heteroatoms. The molecule has 3 N–H and O–H groups in total. The number of hydrogen-bond acceptors (Lipinski definition) is 3. The number of anilines is 2. The van der Waals surface area contributed by atoms with Gasteiger partial charge in [0.2, 0.25) is 5.91 Å². The van der Waals surface area contributed by atoms with E-state index in [9.17, 15) is 9.59 Å². The highest BCUT2D eigenvalue weighted by Gasteiger charge is 2.17. The quantitative estimate of drug-likeness (QED) is 0.823. The van der Waals surface area contributed by atoms with Gasteiger partial charge in [-0.15, -0.1) is 0 Å². The van der Waals surface area contributed by atoms with Crippen LogP contribution in [0.25, 0.3) is 0 Å². The van der Waals surface area contributed by atoms with Gasteiger partial charge in [-0.1, -0.05) is 18.2 Å². The molecule has 1 aliphatic rings. The molecule has 0 aliphatic carbocycles. The van der Waals surface area contributed by atoms with Gasteiger partial charge in [-0.2, -0.15) is 0 Å². The number of aryl methyl sites for hydroxylation is 1. The minimum Gasteiger partial charge on any atom is -0.399 e. The maximum absolute atomic E-state index is 12.2. The van der Waals surface area contributed by atoms with Gasteiger partial charge in [0.1, 0.15) is 0 Å². The lowest BCUT2D eigenvalue weighted by atomic mass is 10.1. The average molecular weight is 337 g/mol. The fourth-order valence-corrected chi connectivity index (χ4v) is 3.01. The van der Waals surface area contributed by atoms with Crippen molar-refractivity contribution in [1.82, 2.24) is 4.90 Å². The van der Waals surface area contributed by atoms with Crippen molar-refractivity contribution in [2.75, 3.05) is 24.1 Å². The van der Waals surface area contributed by atoms with Crippen molar-refractivity contribution in [3.05, 3.63) is 59.7 Å². The molecule has 2 aromatic rings. The highest BCUT2D eigenvalue weighted by molar-refractivity contribution is 6.04. The minimum absolute atomic E-state index is 0.190. The molecule has 130 valence electrons. The number of carbonyl (C=O) groups excluding carboxylic acids is 2. The molecule has 2 aromatic carbocycles. The van der Waals surface area contributed by atoms with Crippen molar-refractivity contribution >= 4 is 23.2 Å². The molecule has 0 unspecified atom stereocenters. The molecule has 1 heterocycles. The molecule has 0 spiro atoms. The lowest BCUT2D eigenvalue weighted by Crippen LogP contribution is -2.27. The number of nitrogen functional groups attached to an aromatic ring is 1. The van der Waals surface area contributed by atoms with E-state index >= 15 is 0 Å². The predicted octanol–water partition coefficient (Wildman–Crippen LogP) is 3.08. The Balaban J connectivity index is 1.53. The van der Waals surface area contributed by atoms with Gasteiger partial charge in [0, 0.05) is 36.4 Å². The number of rotatable bonds is 5. The van der Waals surface area contributed by atoms with E-state index in [1.807, 2.05) is 29.2 Å². The first-order chi connectivity index (χ1) is 12.1. The Morgan fingerprint density at radius 2 is 1.76 bits per heavy atom. The highest BCUT2D eigenvalue weighted by atomic mass is 16.2. The summed E-state index contributed by atoms with van der Waals surface area (Å²) in [5.74, 6) is 0.0424. The summed E-state index contributed by atoms with van der Waals surface area (Å²) in [5, 5.41) is 2.85. The van der Waals surface area contributed by atoms with Crippen molar-refractivity contribution in [1.29, 1.82) is 0 Å². The molecule has 1 fully saturated rings. The Hall–Kier alpha value is -2.82. The van der Waals surface area contributed by atoms with Crippen LogP contribution in [-0.4, -0.2) is 29.8 Å². The van der Waals surface area contributed by atoms with E-state index in [1.54, 1.807) is 24.3 Å². The van der Waals surface area contributed by atoms with Gasteiger partial charge < -0.3 is 16.0 Å². The van der Waals surface area contributed by atoms with Gasteiger partial charge in [0.05, 0.1) is 0 Å². The van der Waals surface area contributed by atoms with Gasteiger partial charge in [0.25, 0.3) is 5.91 Å². The molecule has 0 bridgehead atoms. The molecule has 25 heavy (non-hydrogen) atoms. The van der Waals surface area contributed by atoms with Crippen LogP contribution in [0.5, 0.6) is 0 Å². The first-order valence-electron chi connectivity index (χ1n) is 8.65. The van der Waals surface area contributed by atoms with Crippen molar-refractivity contribution in [2.24, 2.45) is 0 Å². The summed E-state index contributed by atoms with van der Waals surface area (Å²) in [6, 6.07) is 14.5. The smallest absolute Gasteiger partial charge is 0.255 e. The minimum atomic E-state index is -0.190. The van der Waals surface area contributed by atoms with Crippen LogP contribution >= 0.6 is 0 Å². The molecule has 0 atom stereocenters. The second kappa shape index (κ2) is 7.83. The lowest BCUT2D eigenvalue weighted by Gasteiger charge is -2.15. The van der Waals surface area contributed by atoms with E-state index in [0.29, 0.717) is 17.7 Å². The van der Waals surface area contributed by atoms with E-state index in [2.05, 4.69) is 5.32 Å². The molecular formula is C20H23N3O2. The van der Waals surface area contributed by atoms with Crippen LogP contribution in [0, 0.1) is 0 Å². The van der Waals surface area contributed by atoms with Crippen LogP contribution in [-0.2, 0) is 11.2 Å². The molecule has 0 saturated carbocycles. The third-order valence-corrected chi connectivity index (χ3v) is 4.45. The van der Waals surface area contributed by atoms with Crippen LogP contribution in [0.15, 0.2) is 48.5 Å². The second-order valence-electron chi connectivity index (χ2n) is 6.36. The Bertz CT molecular complexity index is 750. The van der Waals surface area contributed by atoms with Crippen molar-refractivity contribution < 1.29 is 9.59 Å². The first-order valence-corrected chi connectivity index (χ1v) is 8.65. The summed E-state index contributed by atoms with van der Waals surface area (Å²) in [6.45, 7) is 1.79. The van der Waals surface area contributed by atoms with Crippen LogP contribution in [0.2, 0.25) is 0 Å². The third-order valence-electron chi connectivity index (χ3n) is 4.45. The fraction of sp³-hybridized carbons (Fsp3) is 0.300. The van der Waals surface area contributed by atoms with E-state index in [0.717, 1.165) is 43.6 Å². The van der Waals surface area contributed by atoms with Crippen LogP contribution in [0.4, 0.5) is 11.4 Å². The van der Waals surface area contributed by atoms with Crippen molar-refractivity contribution in [2.45, 2.75) is 25.7 Å². The normalized spacial score (nSPS) is 13.7. The summed E-state index contributed by atoms with van der Waals surface area (Å²) in [6.07, 6.45) is 3.49. The summed E-state index contributed by atoms with van der Waals surface area (Å²) in [4.78, 5) is 26.2.